The number of methoxy groups -OCH3 is 2. The van der Waals surface area contributed by atoms with Crippen molar-refractivity contribution in [1.82, 2.24) is 35.9 Å². The molecular weight excluding hydrogens is 764 g/mol. The van der Waals surface area contributed by atoms with E-state index in [0.29, 0.717) is 46.7 Å². The van der Waals surface area contributed by atoms with Crippen LogP contribution in [-0.2, 0) is 14.3 Å². The molecule has 0 unspecified atom stereocenters. The van der Waals surface area contributed by atoms with Gasteiger partial charge in [0.15, 0.2) is 0 Å². The molecule has 4 heterocycles. The molecule has 59 heavy (non-hydrogen) atoms. The topological polar surface area (TPSA) is 276 Å². The van der Waals surface area contributed by atoms with E-state index in [1.807, 2.05) is 0 Å². The molecule has 310 valence electrons. The molecule has 0 saturated carbocycles. The molecule has 0 bridgehead atoms. The van der Waals surface area contributed by atoms with Gasteiger partial charge in [-0.05, 0) is 31.2 Å². The van der Waals surface area contributed by atoms with Crippen molar-refractivity contribution in [1.29, 1.82) is 0 Å². The summed E-state index contributed by atoms with van der Waals surface area (Å²) in [5, 5.41) is 27.8. The number of likely N-dealkylation sites (N-methyl/N-ethyl adjacent to an activating group) is 2. The number of aliphatic hydroxyl groups excluding tert-OH is 1. The highest BCUT2D eigenvalue weighted by Crippen LogP contribution is 2.25. The third-order valence-corrected chi connectivity index (χ3v) is 8.66. The molecule has 18 heteroatoms. The highest BCUT2D eigenvalue weighted by atomic mass is 16.5. The number of hydrogen-bond acceptors (Lipinski definition) is 15. The van der Waals surface area contributed by atoms with Crippen LogP contribution in [0.15, 0.2) is 60.7 Å². The lowest BCUT2D eigenvalue weighted by Crippen LogP contribution is -2.37. The average Bonchev–Trinajstić information content (AvgIpc) is 3.66. The Bertz CT molecular complexity index is 2320. The number of primary amides is 1. The number of nitrogens with zero attached hydrogens (tertiary/aromatic N) is 6. The maximum Gasteiger partial charge on any atom is 0.376 e. The van der Waals surface area contributed by atoms with Crippen molar-refractivity contribution < 1.29 is 48.7 Å². The molecule has 0 radical (unpaired) electrons. The Labute approximate surface area is 341 Å². The van der Waals surface area contributed by atoms with Crippen molar-refractivity contribution in [2.75, 3.05) is 55.1 Å². The predicted molar refractivity (Wildman–Crippen MR) is 214 cm³/mol. The normalized spacial score (nSPS) is 17.6. The van der Waals surface area contributed by atoms with Gasteiger partial charge in [0, 0.05) is 81.5 Å². The fourth-order valence-corrected chi connectivity index (χ4v) is 5.56. The number of rotatable bonds is 7. The molecule has 0 aliphatic carbocycles. The van der Waals surface area contributed by atoms with Gasteiger partial charge in [-0.15, -0.1) is 0 Å². The number of aromatic nitrogens is 4. The molecular formula is C41H46N8O10. The third-order valence-electron chi connectivity index (χ3n) is 8.66. The zero-order chi connectivity index (χ0) is 42.6. The summed E-state index contributed by atoms with van der Waals surface area (Å²) in [6.07, 6.45) is 0.529. The summed E-state index contributed by atoms with van der Waals surface area (Å²) >= 11 is 0. The van der Waals surface area contributed by atoms with Crippen LogP contribution < -0.4 is 21.4 Å². The van der Waals surface area contributed by atoms with Crippen LogP contribution in [0, 0.1) is 23.7 Å². The van der Waals surface area contributed by atoms with Crippen LogP contribution in [0.25, 0.3) is 22.5 Å². The lowest BCUT2D eigenvalue weighted by molar-refractivity contribution is -0.138. The minimum Gasteiger partial charge on any atom is -0.481 e. The number of ether oxygens (including phenoxy) is 3. The zero-order valence-corrected chi connectivity index (χ0v) is 33.5. The number of aliphatic hydroxyl groups is 3. The van der Waals surface area contributed by atoms with E-state index >= 15 is 0 Å². The fraction of sp³-hybridized carbons (Fsp3) is 0.317. The van der Waals surface area contributed by atoms with Crippen molar-refractivity contribution in [3.05, 3.63) is 83.4 Å². The van der Waals surface area contributed by atoms with Gasteiger partial charge in [0.25, 0.3) is 17.7 Å². The van der Waals surface area contributed by atoms with Gasteiger partial charge in [-0.25, -0.2) is 14.8 Å². The summed E-state index contributed by atoms with van der Waals surface area (Å²) in [5.74, 6) is 9.01. The van der Waals surface area contributed by atoms with Crippen molar-refractivity contribution in [2.24, 2.45) is 5.73 Å². The number of likely N-dealkylation sites (tertiary alicyclic amines) is 2. The second-order valence-electron chi connectivity index (χ2n) is 12.7. The SMILES string of the molecule is CCOC(=O)c1nc(OC)cc(-c2cccc(C#C[C@]3(O)CCN(C)C3=O)c2)n1.CO.COc1cc(-c2cccc(C#C[C@]3(O)CCN(C)C3=O)c2)nc(C(N)=O)n1.N. The maximum absolute atomic E-state index is 12.1. The quantitative estimate of drug-likeness (QED) is 0.130. The molecule has 2 aliphatic heterocycles. The van der Waals surface area contributed by atoms with Crippen LogP contribution in [0.4, 0.5) is 0 Å². The van der Waals surface area contributed by atoms with Gasteiger partial charge in [-0.1, -0.05) is 47.9 Å². The molecule has 8 N–H and O–H groups in total. The van der Waals surface area contributed by atoms with Gasteiger partial charge in [0.1, 0.15) is 0 Å². The van der Waals surface area contributed by atoms with Crippen LogP contribution in [0.5, 0.6) is 11.8 Å². The van der Waals surface area contributed by atoms with Crippen LogP contribution in [0.3, 0.4) is 0 Å². The molecule has 18 nitrogen and oxygen atoms in total. The number of amides is 3. The number of carbonyl (C=O) groups excluding carboxylic acids is 4. The molecule has 6 rings (SSSR count). The Balaban J connectivity index is 0.000000298. The lowest BCUT2D eigenvalue weighted by atomic mass is 10.0. The second-order valence-corrected chi connectivity index (χ2v) is 12.7. The lowest BCUT2D eigenvalue weighted by Gasteiger charge is -2.13. The van der Waals surface area contributed by atoms with Crippen LogP contribution >= 0.6 is 0 Å². The molecule has 2 aromatic carbocycles. The van der Waals surface area contributed by atoms with E-state index in [1.54, 1.807) is 81.7 Å². The van der Waals surface area contributed by atoms with Crippen molar-refractivity contribution >= 4 is 23.7 Å². The van der Waals surface area contributed by atoms with Crippen molar-refractivity contribution in [2.45, 2.75) is 31.0 Å². The minimum atomic E-state index is -1.67. The summed E-state index contributed by atoms with van der Waals surface area (Å²) in [6, 6.07) is 17.2. The highest BCUT2D eigenvalue weighted by molar-refractivity contribution is 5.91. The maximum atomic E-state index is 12.1. The first-order valence-corrected chi connectivity index (χ1v) is 17.7. The number of esters is 1. The first-order chi connectivity index (χ1) is 27.7. The van der Waals surface area contributed by atoms with E-state index in [-0.39, 0.29) is 49.0 Å². The van der Waals surface area contributed by atoms with Gasteiger partial charge >= 0.3 is 5.97 Å². The molecule has 0 spiro atoms. The summed E-state index contributed by atoms with van der Waals surface area (Å²) < 4.78 is 15.2. The van der Waals surface area contributed by atoms with Crippen molar-refractivity contribution in [3.8, 4) is 58.0 Å². The van der Waals surface area contributed by atoms with Gasteiger partial charge in [-0.3, -0.25) is 14.4 Å². The van der Waals surface area contributed by atoms with Gasteiger partial charge in [0.2, 0.25) is 34.6 Å². The number of nitrogens with two attached hydrogens (primary N) is 1. The molecule has 2 fully saturated rings. The Morgan fingerprint density at radius 3 is 1.54 bits per heavy atom. The van der Waals surface area contributed by atoms with Gasteiger partial charge in [0.05, 0.1) is 32.2 Å². The van der Waals surface area contributed by atoms with Crippen LogP contribution in [0.2, 0.25) is 0 Å². The molecule has 2 aliphatic rings. The van der Waals surface area contributed by atoms with E-state index in [4.69, 9.17) is 25.1 Å². The summed E-state index contributed by atoms with van der Waals surface area (Å²) in [6.45, 7) is 2.82. The number of hydrogen-bond donors (Lipinski definition) is 5. The monoisotopic (exact) mass is 810 g/mol. The van der Waals surface area contributed by atoms with Gasteiger partial charge < -0.3 is 51.2 Å². The summed E-state index contributed by atoms with van der Waals surface area (Å²) in [5.41, 5.74) is 5.34. The summed E-state index contributed by atoms with van der Waals surface area (Å²) in [7, 11) is 7.13. The Kier molecular flexibility index (Phi) is 16.1. The van der Waals surface area contributed by atoms with Crippen LogP contribution in [0.1, 0.15) is 52.1 Å². The molecule has 4 aromatic rings. The largest absolute Gasteiger partial charge is 0.481 e. The van der Waals surface area contributed by atoms with Crippen LogP contribution in [-0.4, -0.2) is 135 Å². The second kappa shape index (κ2) is 20.5. The predicted octanol–water partition coefficient (Wildman–Crippen LogP) is 1.24. The van der Waals surface area contributed by atoms with Crippen molar-refractivity contribution in [3.63, 3.8) is 0 Å². The minimum absolute atomic E-state index is 0. The number of carbonyl (C=O) groups is 4. The molecule has 2 aromatic heterocycles. The Hall–Kier alpha value is -6.96. The van der Waals surface area contributed by atoms with E-state index < -0.39 is 34.9 Å². The zero-order valence-electron chi connectivity index (χ0n) is 33.5. The summed E-state index contributed by atoms with van der Waals surface area (Å²) in [4.78, 5) is 66.7. The Morgan fingerprint density at radius 2 is 1.17 bits per heavy atom. The van der Waals surface area contributed by atoms with E-state index in [1.165, 1.54) is 24.0 Å². The van der Waals surface area contributed by atoms with E-state index in [0.717, 1.165) is 7.11 Å². The Morgan fingerprint density at radius 1 is 0.746 bits per heavy atom. The standard InChI is InChI=1S/C21H21N3O5.C19H18N4O4.CH4O.H3N/c1-4-29-19(25)18-22-16(13-17(23-18)28-3)15-7-5-6-14(12-15)8-9-21(27)10-11-24(2)20(21)26;1-23-9-8-19(26,18(23)25)7-6-12-4-3-5-13(10-12)14-11-15(27-2)22-17(21-14)16(20)24;1-2;/h5-7,12-13,27H,4,10-11H2,1-3H3;3-5,10-11,26H,8-9H2,1-2H3,(H2,20,24);2H,1H3;1H3/t21-;19-;;/m00../s1. The fourth-order valence-electron chi connectivity index (χ4n) is 5.56. The average molecular weight is 811 g/mol. The highest BCUT2D eigenvalue weighted by Gasteiger charge is 2.43. The first-order valence-electron chi connectivity index (χ1n) is 17.7. The van der Waals surface area contributed by atoms with Gasteiger partial charge in [-0.2, -0.15) is 9.97 Å². The molecule has 2 atom stereocenters. The third kappa shape index (κ3) is 11.3. The first kappa shape index (κ1) is 46.4. The molecule has 2 saturated heterocycles. The number of benzene rings is 2. The molecule has 3 amide bonds. The van der Waals surface area contributed by atoms with E-state index in [9.17, 15) is 29.4 Å². The van der Waals surface area contributed by atoms with E-state index in [2.05, 4.69) is 43.6 Å². The smallest absolute Gasteiger partial charge is 0.376 e.